The first-order chi connectivity index (χ1) is 13.1. The van der Waals surface area contributed by atoms with E-state index in [9.17, 15) is 18.0 Å². The normalized spacial score (nSPS) is 20.5. The molecule has 154 valence electrons. The van der Waals surface area contributed by atoms with E-state index in [1.807, 2.05) is 21.0 Å². The van der Waals surface area contributed by atoms with Gasteiger partial charge in [0, 0.05) is 44.8 Å². The van der Waals surface area contributed by atoms with Gasteiger partial charge in [0.15, 0.2) is 0 Å². The fourth-order valence-corrected chi connectivity index (χ4v) is 5.42. The number of hydrogen-bond donors (Lipinski definition) is 0. The van der Waals surface area contributed by atoms with E-state index in [0.29, 0.717) is 26.1 Å². The van der Waals surface area contributed by atoms with Crippen LogP contribution in [0.1, 0.15) is 19.4 Å². The van der Waals surface area contributed by atoms with Crippen molar-refractivity contribution in [2.24, 2.45) is 0 Å². The second-order valence-corrected chi connectivity index (χ2v) is 9.69. The number of carbonyl (C=O) groups excluding carboxylic acids is 2. The minimum atomic E-state index is -3.63. The van der Waals surface area contributed by atoms with Crippen LogP contribution in [0.15, 0.2) is 23.1 Å². The largest absolute Gasteiger partial charge is 0.339 e. The van der Waals surface area contributed by atoms with Crippen LogP contribution in [0.4, 0.5) is 5.69 Å². The van der Waals surface area contributed by atoms with Crippen LogP contribution < -0.4 is 4.90 Å². The van der Waals surface area contributed by atoms with E-state index in [4.69, 9.17) is 0 Å². The van der Waals surface area contributed by atoms with E-state index >= 15 is 0 Å². The molecule has 9 heteroatoms. The zero-order chi connectivity index (χ0) is 20.6. The number of sulfonamides is 1. The molecule has 0 N–H and O–H groups in total. The minimum Gasteiger partial charge on any atom is -0.339 e. The second kappa shape index (κ2) is 7.81. The van der Waals surface area contributed by atoms with Crippen LogP contribution in [0.3, 0.4) is 0 Å². The highest BCUT2D eigenvalue weighted by molar-refractivity contribution is 7.89. The summed E-state index contributed by atoms with van der Waals surface area (Å²) in [4.78, 5) is 29.5. The highest BCUT2D eigenvalue weighted by atomic mass is 32.2. The van der Waals surface area contributed by atoms with Crippen LogP contribution >= 0.6 is 0 Å². The molecule has 3 rings (SSSR count). The third-order valence-corrected chi connectivity index (χ3v) is 7.18. The molecule has 2 heterocycles. The first-order valence-electron chi connectivity index (χ1n) is 9.46. The van der Waals surface area contributed by atoms with Gasteiger partial charge in [-0.05, 0) is 51.2 Å². The summed E-state index contributed by atoms with van der Waals surface area (Å²) < 4.78 is 27.6. The zero-order valence-corrected chi connectivity index (χ0v) is 17.7. The Bertz CT molecular complexity index is 876. The van der Waals surface area contributed by atoms with E-state index in [-0.39, 0.29) is 35.8 Å². The summed E-state index contributed by atoms with van der Waals surface area (Å²) in [5, 5.41) is 0. The Labute approximate surface area is 166 Å². The van der Waals surface area contributed by atoms with Crippen molar-refractivity contribution < 1.29 is 18.0 Å². The van der Waals surface area contributed by atoms with Gasteiger partial charge in [0.25, 0.3) is 0 Å². The lowest BCUT2D eigenvalue weighted by molar-refractivity contribution is -0.133. The molecule has 2 aliphatic rings. The number of likely N-dealkylation sites (N-methyl/N-ethyl adjacent to an activating group) is 1. The fraction of sp³-hybridized carbons (Fsp3) is 0.579. The lowest BCUT2D eigenvalue weighted by Gasteiger charge is -2.34. The number of anilines is 1. The summed E-state index contributed by atoms with van der Waals surface area (Å²) in [6, 6.07) is 5.01. The molecule has 1 atom stereocenters. The predicted octanol–water partition coefficient (Wildman–Crippen LogP) is 0.379. The monoisotopic (exact) mass is 408 g/mol. The van der Waals surface area contributed by atoms with Crippen molar-refractivity contribution in [1.82, 2.24) is 14.1 Å². The number of amides is 2. The number of benzene rings is 1. The standard InChI is InChI=1S/C19H28N4O4S/c1-14-11-16-12-17(5-6-18(16)23(14)15(2)24)28(26,27)22-9-7-21(8-10-22)19(25)13-20(3)4/h5-6,12,14H,7-11,13H2,1-4H3. The summed E-state index contributed by atoms with van der Waals surface area (Å²) >= 11 is 0. The number of carbonyl (C=O) groups is 2. The molecule has 0 radical (unpaired) electrons. The number of piperazine rings is 1. The van der Waals surface area contributed by atoms with Crippen LogP contribution in [0.2, 0.25) is 0 Å². The Balaban J connectivity index is 1.74. The van der Waals surface area contributed by atoms with Gasteiger partial charge in [0.2, 0.25) is 21.8 Å². The second-order valence-electron chi connectivity index (χ2n) is 7.76. The Morgan fingerprint density at radius 3 is 2.36 bits per heavy atom. The fourth-order valence-electron chi connectivity index (χ4n) is 3.95. The third kappa shape index (κ3) is 3.92. The number of hydrogen-bond acceptors (Lipinski definition) is 5. The number of rotatable bonds is 4. The zero-order valence-electron chi connectivity index (χ0n) is 16.9. The van der Waals surface area contributed by atoms with Crippen LogP contribution in [-0.4, -0.2) is 87.2 Å². The highest BCUT2D eigenvalue weighted by Gasteiger charge is 2.33. The van der Waals surface area contributed by atoms with E-state index in [0.717, 1.165) is 11.3 Å². The summed E-state index contributed by atoms with van der Waals surface area (Å²) in [7, 11) is 0.0383. The van der Waals surface area contributed by atoms with Gasteiger partial charge in [0.1, 0.15) is 0 Å². The van der Waals surface area contributed by atoms with E-state index < -0.39 is 10.0 Å². The van der Waals surface area contributed by atoms with Gasteiger partial charge >= 0.3 is 0 Å². The molecule has 1 fully saturated rings. The summed E-state index contributed by atoms with van der Waals surface area (Å²) in [6.45, 7) is 5.16. The van der Waals surface area contributed by atoms with Crippen molar-refractivity contribution in [3.8, 4) is 0 Å². The van der Waals surface area contributed by atoms with Gasteiger partial charge in [-0.3, -0.25) is 9.59 Å². The Kier molecular flexibility index (Phi) is 5.79. The van der Waals surface area contributed by atoms with Gasteiger partial charge in [-0.15, -0.1) is 0 Å². The number of fused-ring (bicyclic) bond motifs is 1. The topological polar surface area (TPSA) is 81.2 Å². The van der Waals surface area contributed by atoms with Crippen LogP contribution in [0.25, 0.3) is 0 Å². The van der Waals surface area contributed by atoms with Crippen molar-refractivity contribution in [1.29, 1.82) is 0 Å². The predicted molar refractivity (Wildman–Crippen MR) is 107 cm³/mol. The quantitative estimate of drug-likeness (QED) is 0.719. The van der Waals surface area contributed by atoms with Crippen molar-refractivity contribution in [3.63, 3.8) is 0 Å². The van der Waals surface area contributed by atoms with Crippen LogP contribution in [0.5, 0.6) is 0 Å². The van der Waals surface area contributed by atoms with Crippen LogP contribution in [0, 0.1) is 0 Å². The minimum absolute atomic E-state index is 0.0119. The number of nitrogens with zero attached hydrogens (tertiary/aromatic N) is 4. The average Bonchev–Trinajstić information content (AvgIpc) is 2.96. The molecule has 0 saturated carbocycles. The summed E-state index contributed by atoms with van der Waals surface area (Å²) in [6.07, 6.45) is 0.644. The smallest absolute Gasteiger partial charge is 0.243 e. The van der Waals surface area contributed by atoms with E-state index in [2.05, 4.69) is 0 Å². The third-order valence-electron chi connectivity index (χ3n) is 5.29. The maximum atomic E-state index is 13.1. The van der Waals surface area contributed by atoms with Gasteiger partial charge in [-0.2, -0.15) is 4.31 Å². The molecule has 0 bridgehead atoms. The molecule has 0 aromatic heterocycles. The van der Waals surface area contributed by atoms with Crippen molar-refractivity contribution in [2.45, 2.75) is 31.2 Å². The van der Waals surface area contributed by atoms with Gasteiger partial charge in [-0.1, -0.05) is 0 Å². The highest BCUT2D eigenvalue weighted by Crippen LogP contribution is 2.34. The van der Waals surface area contributed by atoms with Gasteiger partial charge in [-0.25, -0.2) is 8.42 Å². The summed E-state index contributed by atoms with van der Waals surface area (Å²) in [5.74, 6) is -0.0294. The average molecular weight is 409 g/mol. The van der Waals surface area contributed by atoms with E-state index in [1.165, 1.54) is 11.2 Å². The van der Waals surface area contributed by atoms with Gasteiger partial charge in [0.05, 0.1) is 11.4 Å². The first kappa shape index (κ1) is 20.8. The van der Waals surface area contributed by atoms with Crippen molar-refractivity contribution in [2.75, 3.05) is 51.7 Å². The molecular formula is C19H28N4O4S. The molecule has 1 aromatic carbocycles. The molecule has 1 unspecified atom stereocenters. The molecule has 0 aliphatic carbocycles. The maximum Gasteiger partial charge on any atom is 0.243 e. The molecule has 28 heavy (non-hydrogen) atoms. The molecule has 2 amide bonds. The SMILES string of the molecule is CC(=O)N1c2ccc(S(=O)(=O)N3CCN(C(=O)CN(C)C)CC3)cc2CC1C. The molecular weight excluding hydrogens is 380 g/mol. The Hall–Kier alpha value is -1.97. The van der Waals surface area contributed by atoms with Crippen LogP contribution in [-0.2, 0) is 26.0 Å². The maximum absolute atomic E-state index is 13.1. The molecule has 1 aromatic rings. The Morgan fingerprint density at radius 1 is 1.14 bits per heavy atom. The van der Waals surface area contributed by atoms with Gasteiger partial charge < -0.3 is 14.7 Å². The molecule has 0 spiro atoms. The first-order valence-corrected chi connectivity index (χ1v) is 10.9. The molecule has 8 nitrogen and oxygen atoms in total. The molecule has 2 aliphatic heterocycles. The van der Waals surface area contributed by atoms with E-state index in [1.54, 1.807) is 32.9 Å². The van der Waals surface area contributed by atoms with Crippen molar-refractivity contribution >= 4 is 27.5 Å². The van der Waals surface area contributed by atoms with Crippen molar-refractivity contribution in [3.05, 3.63) is 23.8 Å². The lowest BCUT2D eigenvalue weighted by atomic mass is 10.1. The lowest BCUT2D eigenvalue weighted by Crippen LogP contribution is -2.52. The Morgan fingerprint density at radius 2 is 1.79 bits per heavy atom. The summed E-state index contributed by atoms with van der Waals surface area (Å²) in [5.41, 5.74) is 1.67. The molecule has 1 saturated heterocycles.